The van der Waals surface area contributed by atoms with Crippen LogP contribution in [0.2, 0.25) is 0 Å². The standard InChI is InChI=1S/3C6H5.Ru/c3*1-2-4-6-5-3-1;/h3*1-5H;/q;;;-3. The van der Waals surface area contributed by atoms with Crippen LogP contribution in [0.25, 0.3) is 0 Å². The summed E-state index contributed by atoms with van der Waals surface area (Å²) < 4.78 is 4.43. The van der Waals surface area contributed by atoms with Crippen molar-refractivity contribution < 1.29 is 16.0 Å². The van der Waals surface area contributed by atoms with Gasteiger partial charge in [0.15, 0.2) is 0 Å². The van der Waals surface area contributed by atoms with Crippen LogP contribution >= 0.6 is 0 Å². The van der Waals surface area contributed by atoms with Crippen molar-refractivity contribution in [3.8, 4) is 0 Å². The van der Waals surface area contributed by atoms with Crippen molar-refractivity contribution >= 4 is 12.5 Å². The Morgan fingerprint density at radius 1 is 0.368 bits per heavy atom. The molecule has 0 saturated heterocycles. The third-order valence-corrected chi connectivity index (χ3v) is 7.54. The van der Waals surface area contributed by atoms with E-state index in [9.17, 15) is 0 Å². The van der Waals surface area contributed by atoms with E-state index in [1.165, 1.54) is 12.5 Å². The molecule has 0 bridgehead atoms. The van der Waals surface area contributed by atoms with Crippen LogP contribution in [0, 0.1) is 0 Å². The van der Waals surface area contributed by atoms with Crippen LogP contribution in [0.4, 0.5) is 0 Å². The summed E-state index contributed by atoms with van der Waals surface area (Å²) in [5, 5.41) is 0. The van der Waals surface area contributed by atoms with Gasteiger partial charge in [-0.05, 0) is 0 Å². The Labute approximate surface area is 119 Å². The Morgan fingerprint density at radius 2 is 0.632 bits per heavy atom. The summed E-state index contributed by atoms with van der Waals surface area (Å²) in [7, 11) is 0. The van der Waals surface area contributed by atoms with Gasteiger partial charge in [0.1, 0.15) is 0 Å². The predicted octanol–water partition coefficient (Wildman–Crippen LogP) is 2.58. The van der Waals surface area contributed by atoms with Gasteiger partial charge in [-0.1, -0.05) is 0 Å². The summed E-state index contributed by atoms with van der Waals surface area (Å²) in [5.74, 6) is 0. The van der Waals surface area contributed by atoms with Gasteiger partial charge in [-0.2, -0.15) is 0 Å². The molecular weight excluding hydrogens is 317 g/mol. The molecule has 0 unspecified atom stereocenters. The van der Waals surface area contributed by atoms with Gasteiger partial charge in [0.2, 0.25) is 0 Å². The third kappa shape index (κ3) is 2.83. The number of hydrogen-bond donors (Lipinski definition) is 0. The van der Waals surface area contributed by atoms with Gasteiger partial charge < -0.3 is 0 Å². The summed E-state index contributed by atoms with van der Waals surface area (Å²) in [6.07, 6.45) is 0. The molecule has 0 heterocycles. The van der Waals surface area contributed by atoms with Crippen LogP contribution in [0.5, 0.6) is 0 Å². The molecule has 0 radical (unpaired) electrons. The summed E-state index contributed by atoms with van der Waals surface area (Å²) in [6.45, 7) is 0. The predicted molar refractivity (Wildman–Crippen MR) is 78.2 cm³/mol. The first-order chi connectivity index (χ1) is 9.45. The second-order valence-corrected chi connectivity index (χ2v) is 8.42. The van der Waals surface area contributed by atoms with Gasteiger partial charge >= 0.3 is 119 Å². The van der Waals surface area contributed by atoms with E-state index in [1.54, 1.807) is 0 Å². The van der Waals surface area contributed by atoms with Crippen LogP contribution in [0.15, 0.2) is 91.0 Å². The molecule has 0 aromatic heterocycles. The van der Waals surface area contributed by atoms with E-state index in [0.29, 0.717) is 0 Å². The number of rotatable bonds is 3. The molecule has 0 N–H and O–H groups in total. The molecule has 0 aliphatic carbocycles. The molecule has 1 heteroatoms. The van der Waals surface area contributed by atoms with E-state index in [0.717, 1.165) is 0 Å². The Morgan fingerprint density at radius 3 is 0.895 bits per heavy atom. The second-order valence-electron chi connectivity index (χ2n) is 4.11. The summed E-state index contributed by atoms with van der Waals surface area (Å²) in [5.41, 5.74) is 0. The van der Waals surface area contributed by atoms with Crippen molar-refractivity contribution in [1.82, 2.24) is 0 Å². The average Bonchev–Trinajstić information content (AvgIpc) is 2.51. The minimum absolute atomic E-state index is 1.36. The Balaban J connectivity index is 2.12. The van der Waals surface area contributed by atoms with Crippen molar-refractivity contribution in [2.75, 3.05) is 0 Å². The fraction of sp³-hybridized carbons (Fsp3) is 0. The molecule has 0 aliphatic rings. The Hall–Kier alpha value is -1.72. The maximum atomic E-state index is 2.26. The Kier molecular flexibility index (Phi) is 3.86. The molecular formula is C18H15Ru-3. The van der Waals surface area contributed by atoms with E-state index in [2.05, 4.69) is 91.0 Å². The van der Waals surface area contributed by atoms with Gasteiger partial charge in [-0.15, -0.1) is 0 Å². The first-order valence-corrected chi connectivity index (χ1v) is 8.87. The fourth-order valence-corrected chi connectivity index (χ4v) is 6.42. The molecule has 0 fully saturated rings. The van der Waals surface area contributed by atoms with E-state index in [4.69, 9.17) is 0 Å². The summed E-state index contributed by atoms with van der Waals surface area (Å²) in [4.78, 5) is 0. The van der Waals surface area contributed by atoms with Crippen LogP contribution < -0.4 is 12.5 Å². The molecule has 0 aliphatic heterocycles. The molecule has 0 atom stereocenters. The molecule has 0 amide bonds. The SMILES string of the molecule is c1cc[c]([Ru-3]([c]2ccccc2)[c]2ccccc2)cc1. The second kappa shape index (κ2) is 5.95. The van der Waals surface area contributed by atoms with Crippen LogP contribution in [0.1, 0.15) is 0 Å². The normalized spacial score (nSPS) is 11.1. The molecule has 98 valence electrons. The van der Waals surface area contributed by atoms with E-state index in [1.807, 2.05) is 0 Å². The van der Waals surface area contributed by atoms with Gasteiger partial charge in [-0.3, -0.25) is 0 Å². The zero-order chi connectivity index (χ0) is 12.9. The molecule has 3 aromatic rings. The fourth-order valence-electron chi connectivity index (χ4n) is 1.94. The zero-order valence-corrected chi connectivity index (χ0v) is 12.3. The van der Waals surface area contributed by atoms with Crippen molar-refractivity contribution in [3.05, 3.63) is 91.0 Å². The molecule has 3 aromatic carbocycles. The van der Waals surface area contributed by atoms with Crippen LogP contribution in [-0.2, 0) is 16.0 Å². The monoisotopic (exact) mass is 333 g/mol. The first-order valence-electron chi connectivity index (χ1n) is 6.26. The quantitative estimate of drug-likeness (QED) is 0.647. The molecule has 19 heavy (non-hydrogen) atoms. The molecule has 0 saturated carbocycles. The average molecular weight is 332 g/mol. The van der Waals surface area contributed by atoms with Crippen LogP contribution in [-0.4, -0.2) is 0 Å². The van der Waals surface area contributed by atoms with Crippen molar-refractivity contribution in [2.24, 2.45) is 0 Å². The van der Waals surface area contributed by atoms with Crippen molar-refractivity contribution in [3.63, 3.8) is 0 Å². The van der Waals surface area contributed by atoms with E-state index >= 15 is 0 Å². The summed E-state index contributed by atoms with van der Waals surface area (Å²) in [6, 6.07) is 32.7. The van der Waals surface area contributed by atoms with Crippen molar-refractivity contribution in [1.29, 1.82) is 0 Å². The number of benzene rings is 3. The zero-order valence-electron chi connectivity index (χ0n) is 10.5. The van der Waals surface area contributed by atoms with E-state index in [-0.39, 0.29) is 0 Å². The van der Waals surface area contributed by atoms with Crippen molar-refractivity contribution in [2.45, 2.75) is 0 Å². The summed E-state index contributed by atoms with van der Waals surface area (Å²) >= 11 is -1.36. The topological polar surface area (TPSA) is 0 Å². The molecule has 0 spiro atoms. The first kappa shape index (κ1) is 12.3. The van der Waals surface area contributed by atoms with Gasteiger partial charge in [-0.25, -0.2) is 0 Å². The third-order valence-electron chi connectivity index (χ3n) is 2.79. The molecule has 3 rings (SSSR count). The number of hydrogen-bond acceptors (Lipinski definition) is 0. The van der Waals surface area contributed by atoms with Gasteiger partial charge in [0.05, 0.1) is 0 Å². The van der Waals surface area contributed by atoms with Gasteiger partial charge in [0.25, 0.3) is 0 Å². The van der Waals surface area contributed by atoms with E-state index < -0.39 is 16.0 Å². The molecule has 0 nitrogen and oxygen atoms in total. The minimum atomic E-state index is -1.36. The Bertz CT molecular complexity index is 524. The maximum absolute atomic E-state index is 2.26. The van der Waals surface area contributed by atoms with Gasteiger partial charge in [0, 0.05) is 0 Å². The van der Waals surface area contributed by atoms with Crippen LogP contribution in [0.3, 0.4) is 0 Å².